The van der Waals surface area contributed by atoms with Crippen molar-refractivity contribution in [2.45, 2.75) is 39.5 Å². The molecule has 0 heterocycles. The van der Waals surface area contributed by atoms with E-state index < -0.39 is 17.9 Å². The van der Waals surface area contributed by atoms with Crippen molar-refractivity contribution in [1.82, 2.24) is 10.6 Å². The van der Waals surface area contributed by atoms with E-state index in [-0.39, 0.29) is 11.1 Å². The molecule has 1 aliphatic rings. The second kappa shape index (κ2) is 6.92. The molecule has 1 rings (SSSR count). The van der Waals surface area contributed by atoms with Crippen LogP contribution in [0.2, 0.25) is 0 Å². The van der Waals surface area contributed by atoms with E-state index in [0.717, 1.165) is 12.8 Å². The molecule has 0 aromatic heterocycles. The Balaban J connectivity index is 2.41. The van der Waals surface area contributed by atoms with E-state index in [9.17, 15) is 14.4 Å². The summed E-state index contributed by atoms with van der Waals surface area (Å²) >= 11 is 0. The minimum atomic E-state index is -1.17. The molecule has 0 aromatic rings. The van der Waals surface area contributed by atoms with Crippen molar-refractivity contribution >= 4 is 17.9 Å². The van der Waals surface area contributed by atoms with Crippen LogP contribution in [0, 0.1) is 5.92 Å². The number of carboxylic acids is 1. The maximum atomic E-state index is 11.6. The van der Waals surface area contributed by atoms with Crippen LogP contribution in [0.5, 0.6) is 0 Å². The number of carboxylic acid groups (broad SMARTS) is 1. The van der Waals surface area contributed by atoms with Gasteiger partial charge in [-0.25, -0.2) is 9.59 Å². The molecule has 0 saturated heterocycles. The molecule has 106 valence electrons. The fourth-order valence-corrected chi connectivity index (χ4v) is 2.02. The molecule has 1 saturated carbocycles. The van der Waals surface area contributed by atoms with Crippen LogP contribution in [0.15, 0.2) is 11.1 Å². The summed E-state index contributed by atoms with van der Waals surface area (Å²) < 4.78 is 0. The van der Waals surface area contributed by atoms with Crippen molar-refractivity contribution in [3.63, 3.8) is 0 Å². The molecule has 3 amide bonds. The quantitative estimate of drug-likeness (QED) is 0.672. The second-order valence-corrected chi connectivity index (χ2v) is 4.87. The Hall–Kier alpha value is -1.85. The van der Waals surface area contributed by atoms with E-state index >= 15 is 0 Å². The Kier molecular flexibility index (Phi) is 5.54. The number of rotatable bonds is 4. The normalized spacial score (nSPS) is 16.7. The molecular formula is C13H20N2O4. The number of urea groups is 1. The molecule has 1 aliphatic carbocycles. The van der Waals surface area contributed by atoms with Gasteiger partial charge in [0.1, 0.15) is 0 Å². The van der Waals surface area contributed by atoms with Gasteiger partial charge in [0.2, 0.25) is 0 Å². The van der Waals surface area contributed by atoms with Crippen molar-refractivity contribution in [3.8, 4) is 0 Å². The summed E-state index contributed by atoms with van der Waals surface area (Å²) in [5.41, 5.74) is -0.0374. The van der Waals surface area contributed by atoms with Crippen molar-refractivity contribution < 1.29 is 19.5 Å². The monoisotopic (exact) mass is 268 g/mol. The minimum absolute atomic E-state index is 0.0310. The first-order valence-corrected chi connectivity index (χ1v) is 6.41. The molecule has 0 bridgehead atoms. The molecule has 0 unspecified atom stereocenters. The van der Waals surface area contributed by atoms with Gasteiger partial charge in [-0.3, -0.25) is 10.1 Å². The summed E-state index contributed by atoms with van der Waals surface area (Å²) in [6, 6.07) is -0.575. The maximum Gasteiger partial charge on any atom is 0.331 e. The maximum absolute atomic E-state index is 11.6. The largest absolute Gasteiger partial charge is 0.478 e. The van der Waals surface area contributed by atoms with E-state index in [0.29, 0.717) is 12.5 Å². The van der Waals surface area contributed by atoms with Gasteiger partial charge in [-0.05, 0) is 32.6 Å². The number of amides is 3. The predicted octanol–water partition coefficient (Wildman–Crippen LogP) is 1.42. The average Bonchev–Trinajstić information content (AvgIpc) is 2.87. The third-order valence-electron chi connectivity index (χ3n) is 3.48. The van der Waals surface area contributed by atoms with Crippen LogP contribution in [0.3, 0.4) is 0 Å². The minimum Gasteiger partial charge on any atom is -0.478 e. The highest BCUT2D eigenvalue weighted by Crippen LogP contribution is 2.23. The first-order chi connectivity index (χ1) is 8.91. The number of nitrogens with one attached hydrogen (secondary N) is 2. The van der Waals surface area contributed by atoms with Gasteiger partial charge in [-0.15, -0.1) is 0 Å². The lowest BCUT2D eigenvalue weighted by atomic mass is 10.1. The standard InChI is InChI=1S/C13H20N2O4/c1-8(9(2)12(17)18)11(16)15-13(19)14-7-10-5-3-4-6-10/h10H,3-7H2,1-2H3,(H,17,18)(H2,14,15,16,19). The summed E-state index contributed by atoms with van der Waals surface area (Å²) in [7, 11) is 0. The van der Waals surface area contributed by atoms with Gasteiger partial charge in [0.05, 0.1) is 0 Å². The predicted molar refractivity (Wildman–Crippen MR) is 69.5 cm³/mol. The zero-order chi connectivity index (χ0) is 14.4. The molecule has 0 atom stereocenters. The van der Waals surface area contributed by atoms with Gasteiger partial charge >= 0.3 is 12.0 Å². The van der Waals surface area contributed by atoms with Crippen LogP contribution in [0.25, 0.3) is 0 Å². The molecule has 0 aromatic carbocycles. The first-order valence-electron chi connectivity index (χ1n) is 6.41. The van der Waals surface area contributed by atoms with Crippen molar-refractivity contribution in [3.05, 3.63) is 11.1 Å². The van der Waals surface area contributed by atoms with Crippen LogP contribution in [0.1, 0.15) is 39.5 Å². The first kappa shape index (κ1) is 15.2. The lowest BCUT2D eigenvalue weighted by Crippen LogP contribution is -2.41. The molecule has 1 fully saturated rings. The Morgan fingerprint density at radius 3 is 2.21 bits per heavy atom. The van der Waals surface area contributed by atoms with E-state index in [1.807, 2.05) is 0 Å². The molecule has 6 heteroatoms. The third kappa shape index (κ3) is 4.73. The van der Waals surface area contributed by atoms with Crippen LogP contribution in [-0.4, -0.2) is 29.6 Å². The summed E-state index contributed by atoms with van der Waals surface area (Å²) in [5.74, 6) is -1.36. The number of hydrogen-bond acceptors (Lipinski definition) is 3. The topological polar surface area (TPSA) is 95.5 Å². The van der Waals surface area contributed by atoms with E-state index in [4.69, 9.17) is 5.11 Å². The molecule has 0 spiro atoms. The van der Waals surface area contributed by atoms with E-state index in [1.165, 1.54) is 26.7 Å². The summed E-state index contributed by atoms with van der Waals surface area (Å²) in [6.07, 6.45) is 4.58. The molecule has 0 aliphatic heterocycles. The van der Waals surface area contributed by atoms with Gasteiger partial charge in [0.25, 0.3) is 5.91 Å². The fraction of sp³-hybridized carbons (Fsp3) is 0.615. The highest BCUT2D eigenvalue weighted by molar-refractivity contribution is 6.07. The highest BCUT2D eigenvalue weighted by atomic mass is 16.4. The third-order valence-corrected chi connectivity index (χ3v) is 3.48. The lowest BCUT2D eigenvalue weighted by Gasteiger charge is -2.11. The van der Waals surface area contributed by atoms with Crippen LogP contribution >= 0.6 is 0 Å². The number of carbonyl (C=O) groups is 3. The fourth-order valence-electron chi connectivity index (χ4n) is 2.02. The van der Waals surface area contributed by atoms with Crippen LogP contribution in [0.4, 0.5) is 4.79 Å². The van der Waals surface area contributed by atoms with Crippen molar-refractivity contribution in [2.24, 2.45) is 5.92 Å². The molecule has 3 N–H and O–H groups in total. The van der Waals surface area contributed by atoms with Gasteiger partial charge in [-0.2, -0.15) is 0 Å². The van der Waals surface area contributed by atoms with Crippen molar-refractivity contribution in [1.29, 1.82) is 0 Å². The summed E-state index contributed by atoms with van der Waals surface area (Å²) in [5, 5.41) is 13.5. The van der Waals surface area contributed by atoms with Gasteiger partial charge in [-0.1, -0.05) is 12.8 Å². The van der Waals surface area contributed by atoms with E-state index in [2.05, 4.69) is 10.6 Å². The average molecular weight is 268 g/mol. The zero-order valence-corrected chi connectivity index (χ0v) is 11.3. The zero-order valence-electron chi connectivity index (χ0n) is 11.3. The van der Waals surface area contributed by atoms with Gasteiger partial charge in [0, 0.05) is 17.7 Å². The molecule has 0 radical (unpaired) electrons. The summed E-state index contributed by atoms with van der Waals surface area (Å²) in [6.45, 7) is 3.26. The summed E-state index contributed by atoms with van der Waals surface area (Å²) in [4.78, 5) is 33.8. The van der Waals surface area contributed by atoms with Crippen LogP contribution < -0.4 is 10.6 Å². The second-order valence-electron chi connectivity index (χ2n) is 4.87. The van der Waals surface area contributed by atoms with E-state index in [1.54, 1.807) is 0 Å². The Morgan fingerprint density at radius 1 is 1.11 bits per heavy atom. The van der Waals surface area contributed by atoms with Crippen LogP contribution in [-0.2, 0) is 9.59 Å². The molecular weight excluding hydrogens is 248 g/mol. The Bertz CT molecular complexity index is 409. The number of aliphatic carboxylic acids is 1. The Morgan fingerprint density at radius 2 is 1.68 bits per heavy atom. The molecule has 19 heavy (non-hydrogen) atoms. The van der Waals surface area contributed by atoms with Gasteiger partial charge in [0.15, 0.2) is 0 Å². The molecule has 6 nitrogen and oxygen atoms in total. The number of hydrogen-bond donors (Lipinski definition) is 3. The van der Waals surface area contributed by atoms with Crippen molar-refractivity contribution in [2.75, 3.05) is 6.54 Å². The lowest BCUT2D eigenvalue weighted by molar-refractivity contribution is -0.133. The smallest absolute Gasteiger partial charge is 0.331 e. The Labute approximate surface area is 112 Å². The van der Waals surface area contributed by atoms with Gasteiger partial charge < -0.3 is 10.4 Å². The number of carbonyl (C=O) groups excluding carboxylic acids is 2. The highest BCUT2D eigenvalue weighted by Gasteiger charge is 2.18. The number of imide groups is 1. The SMILES string of the molecule is CC(C(=O)O)=C(C)C(=O)NC(=O)NCC1CCCC1.